The molecule has 2 rings (SSSR count). The SMILES string of the molecule is CCC1(CNC(=NC)NCc2ccc([N+](=O)[O-])cc2)CCC1. The molecule has 0 aliphatic heterocycles. The largest absolute Gasteiger partial charge is 0.356 e. The number of hydrogen-bond donors (Lipinski definition) is 2. The number of non-ortho nitro benzene ring substituents is 1. The molecule has 1 aromatic rings. The van der Waals surface area contributed by atoms with Gasteiger partial charge in [0.15, 0.2) is 5.96 Å². The number of benzene rings is 1. The third kappa shape index (κ3) is 3.96. The predicted octanol–water partition coefficient (Wildman–Crippen LogP) is 2.84. The fourth-order valence-electron chi connectivity index (χ4n) is 2.75. The van der Waals surface area contributed by atoms with Crippen LogP contribution in [0.2, 0.25) is 0 Å². The van der Waals surface area contributed by atoms with E-state index in [1.54, 1.807) is 19.2 Å². The second kappa shape index (κ2) is 7.24. The van der Waals surface area contributed by atoms with E-state index >= 15 is 0 Å². The summed E-state index contributed by atoms with van der Waals surface area (Å²) in [5.41, 5.74) is 1.54. The molecule has 0 aromatic heterocycles. The van der Waals surface area contributed by atoms with E-state index in [2.05, 4.69) is 22.5 Å². The van der Waals surface area contributed by atoms with Crippen molar-refractivity contribution in [2.45, 2.75) is 39.2 Å². The van der Waals surface area contributed by atoms with Crippen LogP contribution in [-0.2, 0) is 6.54 Å². The molecule has 0 spiro atoms. The zero-order chi connectivity index (χ0) is 16.0. The topological polar surface area (TPSA) is 79.6 Å². The summed E-state index contributed by atoms with van der Waals surface area (Å²) in [6.07, 6.45) is 5.09. The highest BCUT2D eigenvalue weighted by Gasteiger charge is 2.34. The fraction of sp³-hybridized carbons (Fsp3) is 0.562. The molecular formula is C16H24N4O2. The second-order valence-corrected chi connectivity index (χ2v) is 5.91. The maximum atomic E-state index is 10.6. The van der Waals surface area contributed by atoms with Crippen LogP contribution in [0, 0.1) is 15.5 Å². The molecule has 1 aliphatic rings. The van der Waals surface area contributed by atoms with Gasteiger partial charge in [0.2, 0.25) is 0 Å². The van der Waals surface area contributed by atoms with Crippen molar-refractivity contribution in [3.05, 3.63) is 39.9 Å². The Morgan fingerprint density at radius 3 is 2.45 bits per heavy atom. The number of rotatable bonds is 6. The predicted molar refractivity (Wildman–Crippen MR) is 87.9 cm³/mol. The molecule has 6 nitrogen and oxygen atoms in total. The number of nitro groups is 1. The summed E-state index contributed by atoms with van der Waals surface area (Å²) in [5, 5.41) is 17.3. The minimum atomic E-state index is -0.388. The van der Waals surface area contributed by atoms with E-state index in [1.807, 2.05) is 0 Å². The van der Waals surface area contributed by atoms with Crippen LogP contribution < -0.4 is 10.6 Å². The molecule has 0 heterocycles. The number of nitrogens with zero attached hydrogens (tertiary/aromatic N) is 2. The summed E-state index contributed by atoms with van der Waals surface area (Å²) in [5.74, 6) is 0.776. The molecule has 0 atom stereocenters. The first-order chi connectivity index (χ1) is 10.6. The van der Waals surface area contributed by atoms with Gasteiger partial charge in [-0.25, -0.2) is 0 Å². The lowest BCUT2D eigenvalue weighted by atomic mass is 9.67. The fourth-order valence-corrected chi connectivity index (χ4v) is 2.75. The average Bonchev–Trinajstić information content (AvgIpc) is 2.50. The molecule has 0 bridgehead atoms. The molecule has 0 saturated heterocycles. The van der Waals surface area contributed by atoms with Gasteiger partial charge in [0, 0.05) is 32.3 Å². The lowest BCUT2D eigenvalue weighted by Gasteiger charge is -2.41. The van der Waals surface area contributed by atoms with Gasteiger partial charge in [-0.3, -0.25) is 15.1 Å². The molecule has 1 aromatic carbocycles. The molecule has 0 unspecified atom stereocenters. The van der Waals surface area contributed by atoms with Crippen molar-refractivity contribution in [2.75, 3.05) is 13.6 Å². The normalized spacial score (nSPS) is 16.7. The molecule has 1 saturated carbocycles. The average molecular weight is 304 g/mol. The van der Waals surface area contributed by atoms with E-state index in [0.717, 1.165) is 18.1 Å². The number of aliphatic imine (C=N–C) groups is 1. The number of hydrogen-bond acceptors (Lipinski definition) is 3. The summed E-state index contributed by atoms with van der Waals surface area (Å²) < 4.78 is 0. The van der Waals surface area contributed by atoms with Crippen LogP contribution in [0.5, 0.6) is 0 Å². The first-order valence-electron chi connectivity index (χ1n) is 7.76. The van der Waals surface area contributed by atoms with Crippen molar-refractivity contribution in [3.63, 3.8) is 0 Å². The van der Waals surface area contributed by atoms with Crippen molar-refractivity contribution >= 4 is 11.6 Å². The Labute approximate surface area is 131 Å². The summed E-state index contributed by atoms with van der Waals surface area (Å²) in [6.45, 7) is 3.79. The molecule has 0 radical (unpaired) electrons. The molecule has 0 amide bonds. The Bertz CT molecular complexity index is 530. The maximum Gasteiger partial charge on any atom is 0.269 e. The number of nitrogens with one attached hydrogen (secondary N) is 2. The highest BCUT2D eigenvalue weighted by atomic mass is 16.6. The monoisotopic (exact) mass is 304 g/mol. The lowest BCUT2D eigenvalue weighted by Crippen LogP contribution is -2.46. The number of guanidine groups is 1. The van der Waals surface area contributed by atoms with Gasteiger partial charge in [0.05, 0.1) is 4.92 Å². The van der Waals surface area contributed by atoms with E-state index in [0.29, 0.717) is 12.0 Å². The van der Waals surface area contributed by atoms with Gasteiger partial charge in [0.25, 0.3) is 5.69 Å². The van der Waals surface area contributed by atoms with Crippen LogP contribution in [0.25, 0.3) is 0 Å². The van der Waals surface area contributed by atoms with E-state index in [1.165, 1.54) is 37.8 Å². The molecular weight excluding hydrogens is 280 g/mol. The first kappa shape index (κ1) is 16.3. The smallest absolute Gasteiger partial charge is 0.269 e. The van der Waals surface area contributed by atoms with Crippen LogP contribution in [0.15, 0.2) is 29.3 Å². The van der Waals surface area contributed by atoms with Crippen LogP contribution in [0.3, 0.4) is 0 Å². The maximum absolute atomic E-state index is 10.6. The minimum absolute atomic E-state index is 0.112. The van der Waals surface area contributed by atoms with Crippen molar-refractivity contribution in [2.24, 2.45) is 10.4 Å². The van der Waals surface area contributed by atoms with Crippen LogP contribution >= 0.6 is 0 Å². The standard InChI is InChI=1S/C16H24N4O2/c1-3-16(9-4-10-16)12-19-15(17-2)18-11-13-5-7-14(8-6-13)20(21)22/h5-8H,3-4,9-12H2,1-2H3,(H2,17,18,19). The van der Waals surface area contributed by atoms with E-state index in [4.69, 9.17) is 0 Å². The molecule has 120 valence electrons. The van der Waals surface area contributed by atoms with E-state index in [-0.39, 0.29) is 10.6 Å². The summed E-state index contributed by atoms with van der Waals surface area (Å²) in [6, 6.07) is 6.57. The van der Waals surface area contributed by atoms with Gasteiger partial charge in [0.1, 0.15) is 0 Å². The second-order valence-electron chi connectivity index (χ2n) is 5.91. The summed E-state index contributed by atoms with van der Waals surface area (Å²) >= 11 is 0. The van der Waals surface area contributed by atoms with Crippen LogP contribution in [0.4, 0.5) is 5.69 Å². The Morgan fingerprint density at radius 2 is 2.00 bits per heavy atom. The third-order valence-corrected chi connectivity index (χ3v) is 4.63. The van der Waals surface area contributed by atoms with Crippen LogP contribution in [0.1, 0.15) is 38.2 Å². The van der Waals surface area contributed by atoms with Crippen molar-refractivity contribution in [1.82, 2.24) is 10.6 Å². The zero-order valence-electron chi connectivity index (χ0n) is 13.3. The van der Waals surface area contributed by atoms with E-state index < -0.39 is 0 Å². The number of nitro benzene ring substituents is 1. The van der Waals surface area contributed by atoms with Gasteiger partial charge < -0.3 is 10.6 Å². The van der Waals surface area contributed by atoms with Gasteiger partial charge in [-0.15, -0.1) is 0 Å². The summed E-state index contributed by atoms with van der Waals surface area (Å²) in [4.78, 5) is 14.5. The quantitative estimate of drug-likeness (QED) is 0.366. The van der Waals surface area contributed by atoms with Crippen molar-refractivity contribution in [3.8, 4) is 0 Å². The van der Waals surface area contributed by atoms with Gasteiger partial charge >= 0.3 is 0 Å². The van der Waals surface area contributed by atoms with Gasteiger partial charge in [-0.05, 0) is 30.2 Å². The summed E-state index contributed by atoms with van der Waals surface area (Å²) in [7, 11) is 1.75. The van der Waals surface area contributed by atoms with Gasteiger partial charge in [-0.1, -0.05) is 25.5 Å². The molecule has 2 N–H and O–H groups in total. The Kier molecular flexibility index (Phi) is 5.35. The molecule has 6 heteroatoms. The van der Waals surface area contributed by atoms with Crippen LogP contribution in [-0.4, -0.2) is 24.5 Å². The molecule has 22 heavy (non-hydrogen) atoms. The van der Waals surface area contributed by atoms with Crippen molar-refractivity contribution < 1.29 is 4.92 Å². The zero-order valence-corrected chi connectivity index (χ0v) is 13.3. The molecule has 1 fully saturated rings. The third-order valence-electron chi connectivity index (χ3n) is 4.63. The highest BCUT2D eigenvalue weighted by Crippen LogP contribution is 2.42. The van der Waals surface area contributed by atoms with Crippen molar-refractivity contribution in [1.29, 1.82) is 0 Å². The Balaban J connectivity index is 1.82. The Hall–Kier alpha value is -2.11. The lowest BCUT2D eigenvalue weighted by molar-refractivity contribution is -0.384. The Morgan fingerprint density at radius 1 is 1.32 bits per heavy atom. The highest BCUT2D eigenvalue weighted by molar-refractivity contribution is 5.79. The van der Waals surface area contributed by atoms with Gasteiger partial charge in [-0.2, -0.15) is 0 Å². The minimum Gasteiger partial charge on any atom is -0.356 e. The van der Waals surface area contributed by atoms with E-state index in [9.17, 15) is 10.1 Å². The first-order valence-corrected chi connectivity index (χ1v) is 7.76. The molecule has 1 aliphatic carbocycles.